The van der Waals surface area contributed by atoms with E-state index < -0.39 is 29.0 Å². The molecule has 0 radical (unpaired) electrons. The van der Waals surface area contributed by atoms with Gasteiger partial charge in [-0.1, -0.05) is 19.9 Å². The minimum Gasteiger partial charge on any atom is -0.366 e. The highest BCUT2D eigenvalue weighted by Crippen LogP contribution is 2.33. The van der Waals surface area contributed by atoms with Gasteiger partial charge in [0.05, 0.1) is 5.56 Å². The fraction of sp³-hybridized carbons (Fsp3) is 0.200. The fourth-order valence-electron chi connectivity index (χ4n) is 1.85. The number of anilines is 1. The van der Waals surface area contributed by atoms with E-state index in [1.165, 1.54) is 0 Å². The Morgan fingerprint density at radius 1 is 1.23 bits per heavy atom. The average Bonchev–Trinajstić information content (AvgIpc) is 2.82. The molecule has 0 saturated carbocycles. The lowest BCUT2D eigenvalue weighted by molar-refractivity contribution is 0.100. The predicted octanol–water partition coefficient (Wildman–Crippen LogP) is 3.50. The van der Waals surface area contributed by atoms with Crippen LogP contribution in [0.1, 0.15) is 45.4 Å². The van der Waals surface area contributed by atoms with E-state index in [1.807, 2.05) is 13.8 Å². The Kier molecular flexibility index (Phi) is 4.56. The highest BCUT2D eigenvalue weighted by atomic mass is 32.1. The summed E-state index contributed by atoms with van der Waals surface area (Å²) in [6, 6.07) is 4.71. The number of thiophene rings is 1. The molecule has 2 rings (SSSR count). The molecule has 22 heavy (non-hydrogen) atoms. The Balaban J connectivity index is 2.38. The van der Waals surface area contributed by atoms with E-state index in [0.717, 1.165) is 34.4 Å². The molecular weight excluding hydrogens is 310 g/mol. The normalized spacial score (nSPS) is 10.8. The Morgan fingerprint density at radius 2 is 1.82 bits per heavy atom. The number of benzene rings is 1. The van der Waals surface area contributed by atoms with Crippen molar-refractivity contribution < 1.29 is 18.4 Å². The third kappa shape index (κ3) is 3.14. The van der Waals surface area contributed by atoms with E-state index in [9.17, 15) is 18.4 Å². The Bertz CT molecular complexity index is 721. The second kappa shape index (κ2) is 6.23. The summed E-state index contributed by atoms with van der Waals surface area (Å²) < 4.78 is 27.2. The lowest BCUT2D eigenvalue weighted by atomic mass is 10.1. The van der Waals surface area contributed by atoms with Gasteiger partial charge in [-0.2, -0.15) is 0 Å². The highest BCUT2D eigenvalue weighted by Gasteiger charge is 2.21. The molecule has 1 heterocycles. The fourth-order valence-corrected chi connectivity index (χ4v) is 2.91. The number of rotatable bonds is 4. The largest absolute Gasteiger partial charge is 0.366 e. The Hall–Kier alpha value is -2.28. The monoisotopic (exact) mass is 324 g/mol. The van der Waals surface area contributed by atoms with Crippen molar-refractivity contribution in [3.63, 3.8) is 0 Å². The van der Waals surface area contributed by atoms with Gasteiger partial charge in [0.15, 0.2) is 0 Å². The van der Waals surface area contributed by atoms with E-state index >= 15 is 0 Å². The maximum atomic E-state index is 13.6. The first-order chi connectivity index (χ1) is 10.3. The molecule has 0 bridgehead atoms. The zero-order valence-corrected chi connectivity index (χ0v) is 12.8. The molecule has 1 aromatic carbocycles. The molecule has 7 heteroatoms. The molecule has 0 unspecified atom stereocenters. The molecule has 0 aliphatic rings. The third-order valence-corrected chi connectivity index (χ3v) is 4.35. The maximum Gasteiger partial charge on any atom is 0.262 e. The molecule has 0 aliphatic heterocycles. The van der Waals surface area contributed by atoms with Crippen molar-refractivity contribution in [2.24, 2.45) is 5.73 Å². The summed E-state index contributed by atoms with van der Waals surface area (Å²) in [7, 11) is 0. The summed E-state index contributed by atoms with van der Waals surface area (Å²) in [6.45, 7) is 3.83. The van der Waals surface area contributed by atoms with Crippen molar-refractivity contribution in [2.45, 2.75) is 19.8 Å². The first-order valence-corrected chi connectivity index (χ1v) is 7.31. The minimum absolute atomic E-state index is 0.124. The van der Waals surface area contributed by atoms with Crippen LogP contribution in [0.5, 0.6) is 0 Å². The van der Waals surface area contributed by atoms with Gasteiger partial charge in [-0.05, 0) is 24.1 Å². The van der Waals surface area contributed by atoms with E-state index in [4.69, 9.17) is 5.73 Å². The molecule has 0 atom stereocenters. The molecule has 0 fully saturated rings. The highest BCUT2D eigenvalue weighted by molar-refractivity contribution is 7.16. The predicted molar refractivity (Wildman–Crippen MR) is 81.2 cm³/mol. The lowest BCUT2D eigenvalue weighted by Gasteiger charge is -2.06. The summed E-state index contributed by atoms with van der Waals surface area (Å²) in [5.74, 6) is -3.50. The summed E-state index contributed by atoms with van der Waals surface area (Å²) in [6.07, 6.45) is 0. The molecular formula is C15H14F2N2O2S. The second-order valence-corrected chi connectivity index (χ2v) is 6.05. The van der Waals surface area contributed by atoms with Crippen LogP contribution in [-0.4, -0.2) is 11.8 Å². The molecule has 3 N–H and O–H groups in total. The number of nitrogens with two attached hydrogens (primary N) is 1. The van der Waals surface area contributed by atoms with Crippen molar-refractivity contribution >= 4 is 28.2 Å². The molecule has 2 aromatic rings. The number of primary amides is 1. The second-order valence-electron chi connectivity index (χ2n) is 4.96. The summed E-state index contributed by atoms with van der Waals surface area (Å²) in [4.78, 5) is 24.3. The first-order valence-electron chi connectivity index (χ1n) is 6.50. The van der Waals surface area contributed by atoms with E-state index in [2.05, 4.69) is 5.32 Å². The van der Waals surface area contributed by atoms with Gasteiger partial charge in [0, 0.05) is 4.88 Å². The van der Waals surface area contributed by atoms with Crippen LogP contribution in [-0.2, 0) is 0 Å². The minimum atomic E-state index is -0.973. The average molecular weight is 324 g/mol. The van der Waals surface area contributed by atoms with Crippen molar-refractivity contribution in [3.8, 4) is 0 Å². The molecule has 4 nitrogen and oxygen atoms in total. The molecule has 0 spiro atoms. The van der Waals surface area contributed by atoms with Gasteiger partial charge in [0.25, 0.3) is 11.8 Å². The third-order valence-electron chi connectivity index (χ3n) is 3.00. The molecule has 0 saturated heterocycles. The number of carbonyl (C=O) groups excluding carboxylic acids is 2. The van der Waals surface area contributed by atoms with Crippen LogP contribution < -0.4 is 11.1 Å². The van der Waals surface area contributed by atoms with E-state index in [1.54, 1.807) is 6.07 Å². The topological polar surface area (TPSA) is 72.2 Å². The van der Waals surface area contributed by atoms with Gasteiger partial charge < -0.3 is 11.1 Å². The molecule has 0 aliphatic carbocycles. The maximum absolute atomic E-state index is 13.6. The van der Waals surface area contributed by atoms with Gasteiger partial charge in [-0.25, -0.2) is 8.78 Å². The van der Waals surface area contributed by atoms with Crippen LogP contribution in [0.15, 0.2) is 24.3 Å². The quantitative estimate of drug-likeness (QED) is 0.903. The van der Waals surface area contributed by atoms with Gasteiger partial charge in [0.2, 0.25) is 0 Å². The molecule has 2 amide bonds. The smallest absolute Gasteiger partial charge is 0.262 e. The van der Waals surface area contributed by atoms with Crippen molar-refractivity contribution in [1.29, 1.82) is 0 Å². The van der Waals surface area contributed by atoms with Crippen molar-refractivity contribution in [1.82, 2.24) is 0 Å². The SMILES string of the molecule is CC(C)c1cc(C(N)=O)c(NC(=O)c2c(F)cccc2F)s1. The van der Waals surface area contributed by atoms with Crippen molar-refractivity contribution in [3.05, 3.63) is 51.9 Å². The zero-order chi connectivity index (χ0) is 16.4. The zero-order valence-electron chi connectivity index (χ0n) is 11.9. The Labute approximate surface area is 129 Å². The number of carbonyl (C=O) groups is 2. The van der Waals surface area contributed by atoms with Crippen LogP contribution in [0.25, 0.3) is 0 Å². The van der Waals surface area contributed by atoms with Crippen LogP contribution in [0.2, 0.25) is 0 Å². The summed E-state index contributed by atoms with van der Waals surface area (Å²) >= 11 is 1.15. The van der Waals surface area contributed by atoms with E-state index in [0.29, 0.717) is 0 Å². The number of amides is 2. The van der Waals surface area contributed by atoms with Gasteiger partial charge >= 0.3 is 0 Å². The lowest BCUT2D eigenvalue weighted by Crippen LogP contribution is -2.18. The molecule has 116 valence electrons. The summed E-state index contributed by atoms with van der Waals surface area (Å²) in [5.41, 5.74) is 4.70. The van der Waals surface area contributed by atoms with Gasteiger partial charge in [-0.15, -0.1) is 11.3 Å². The number of hydrogen-bond donors (Lipinski definition) is 2. The standard InChI is InChI=1S/C15H14F2N2O2S/c1-7(2)11-6-8(13(18)20)15(22-11)19-14(21)12-9(16)4-3-5-10(12)17/h3-7H,1-2H3,(H2,18,20)(H,19,21). The number of nitrogens with one attached hydrogen (secondary N) is 1. The number of halogens is 2. The van der Waals surface area contributed by atoms with E-state index in [-0.39, 0.29) is 16.5 Å². The summed E-state index contributed by atoms with van der Waals surface area (Å²) in [5, 5.41) is 2.55. The van der Waals surface area contributed by atoms with Crippen LogP contribution >= 0.6 is 11.3 Å². The first kappa shape index (κ1) is 16.1. The number of hydrogen-bond acceptors (Lipinski definition) is 3. The Morgan fingerprint density at radius 3 is 2.32 bits per heavy atom. The van der Waals surface area contributed by atoms with Gasteiger partial charge in [0.1, 0.15) is 22.2 Å². The van der Waals surface area contributed by atoms with Crippen LogP contribution in [0.4, 0.5) is 13.8 Å². The van der Waals surface area contributed by atoms with Crippen molar-refractivity contribution in [2.75, 3.05) is 5.32 Å². The van der Waals surface area contributed by atoms with Crippen LogP contribution in [0, 0.1) is 11.6 Å². The van der Waals surface area contributed by atoms with Gasteiger partial charge in [-0.3, -0.25) is 9.59 Å². The van der Waals surface area contributed by atoms with Crippen LogP contribution in [0.3, 0.4) is 0 Å². The molecule has 1 aromatic heterocycles.